The molecule has 1 aliphatic heterocycles. The van der Waals surface area contributed by atoms with E-state index in [1.54, 1.807) is 37.4 Å². The monoisotopic (exact) mass is 529 g/mol. The van der Waals surface area contributed by atoms with Crippen LogP contribution in [0.3, 0.4) is 0 Å². The number of hydrogen-bond donors (Lipinski definition) is 3. The van der Waals surface area contributed by atoms with Crippen molar-refractivity contribution in [1.29, 1.82) is 0 Å². The molecule has 1 atom stereocenters. The Morgan fingerprint density at radius 1 is 1.00 bits per heavy atom. The van der Waals surface area contributed by atoms with Crippen molar-refractivity contribution in [3.05, 3.63) is 117 Å². The van der Waals surface area contributed by atoms with Gasteiger partial charge in [0.1, 0.15) is 10.6 Å². The number of halogens is 1. The molecule has 0 fully saturated rings. The highest BCUT2D eigenvalue weighted by Gasteiger charge is 2.38. The molecule has 0 aliphatic carbocycles. The van der Waals surface area contributed by atoms with E-state index in [0.29, 0.717) is 54.4 Å². The van der Waals surface area contributed by atoms with Crippen LogP contribution in [0.25, 0.3) is 0 Å². The summed E-state index contributed by atoms with van der Waals surface area (Å²) < 4.78 is 5.21. The lowest BCUT2D eigenvalue weighted by Crippen LogP contribution is -2.27. The SMILES string of the molecule is COc1ccc(C(=O)c2sc3c(c2N)C(c2ccccc2Cl)C(C(=O)Nc2ccccc2)=C(C)N3)cc1. The summed E-state index contributed by atoms with van der Waals surface area (Å²) in [5.74, 6) is -0.390. The van der Waals surface area contributed by atoms with Gasteiger partial charge in [-0.15, -0.1) is 11.3 Å². The molecule has 8 heteroatoms. The number of nitrogens with two attached hydrogens (primary N) is 1. The number of nitrogens with one attached hydrogen (secondary N) is 2. The first-order valence-electron chi connectivity index (χ1n) is 11.6. The van der Waals surface area contributed by atoms with Gasteiger partial charge in [0.25, 0.3) is 5.91 Å². The second kappa shape index (κ2) is 10.1. The van der Waals surface area contributed by atoms with Crippen molar-refractivity contribution in [1.82, 2.24) is 0 Å². The van der Waals surface area contributed by atoms with Gasteiger partial charge in [-0.25, -0.2) is 0 Å². The van der Waals surface area contributed by atoms with Gasteiger partial charge in [0, 0.05) is 39.0 Å². The van der Waals surface area contributed by atoms with Crippen molar-refractivity contribution in [3.63, 3.8) is 0 Å². The van der Waals surface area contributed by atoms with Crippen LogP contribution in [0.1, 0.15) is 39.2 Å². The number of allylic oxidation sites excluding steroid dienone is 1. The minimum Gasteiger partial charge on any atom is -0.497 e. The summed E-state index contributed by atoms with van der Waals surface area (Å²) in [7, 11) is 1.57. The molecule has 186 valence electrons. The van der Waals surface area contributed by atoms with Crippen molar-refractivity contribution >= 4 is 51.0 Å². The third-order valence-electron chi connectivity index (χ3n) is 6.32. The fourth-order valence-electron chi connectivity index (χ4n) is 4.52. The molecule has 4 N–H and O–H groups in total. The van der Waals surface area contributed by atoms with E-state index >= 15 is 0 Å². The third kappa shape index (κ3) is 4.59. The molecule has 0 bridgehead atoms. The number of anilines is 3. The van der Waals surface area contributed by atoms with E-state index in [1.165, 1.54) is 11.3 Å². The Kier molecular flexibility index (Phi) is 6.74. The molecule has 6 nitrogen and oxygen atoms in total. The highest BCUT2D eigenvalue weighted by molar-refractivity contribution is 7.19. The van der Waals surface area contributed by atoms with E-state index in [1.807, 2.05) is 55.5 Å². The average molecular weight is 530 g/mol. The summed E-state index contributed by atoms with van der Waals surface area (Å²) in [6.45, 7) is 1.84. The topological polar surface area (TPSA) is 93.5 Å². The minimum absolute atomic E-state index is 0.202. The Morgan fingerprint density at radius 3 is 2.35 bits per heavy atom. The molecule has 1 aliphatic rings. The minimum atomic E-state index is -0.567. The number of ketones is 1. The summed E-state index contributed by atoms with van der Waals surface area (Å²) in [6, 6.07) is 23.5. The van der Waals surface area contributed by atoms with E-state index in [9.17, 15) is 9.59 Å². The molecule has 0 spiro atoms. The number of carbonyl (C=O) groups excluding carboxylic acids is 2. The molecular formula is C29H24ClN3O3S. The number of benzene rings is 3. The van der Waals surface area contributed by atoms with Crippen molar-refractivity contribution in [2.75, 3.05) is 23.5 Å². The predicted molar refractivity (Wildman–Crippen MR) is 150 cm³/mol. The van der Waals surface area contributed by atoms with E-state index in [0.717, 1.165) is 5.56 Å². The molecule has 0 radical (unpaired) electrons. The molecule has 0 saturated heterocycles. The van der Waals surface area contributed by atoms with Crippen molar-refractivity contribution in [2.45, 2.75) is 12.8 Å². The maximum atomic E-state index is 13.6. The van der Waals surface area contributed by atoms with Gasteiger partial charge >= 0.3 is 0 Å². The molecule has 0 saturated carbocycles. The first-order chi connectivity index (χ1) is 17.9. The largest absolute Gasteiger partial charge is 0.497 e. The lowest BCUT2D eigenvalue weighted by Gasteiger charge is -2.29. The zero-order valence-electron chi connectivity index (χ0n) is 20.2. The fraction of sp³-hybridized carbons (Fsp3) is 0.103. The molecule has 3 aromatic carbocycles. The number of ether oxygens (including phenoxy) is 1. The van der Waals surface area contributed by atoms with Crippen LogP contribution < -0.4 is 21.1 Å². The van der Waals surface area contributed by atoms with Crippen LogP contribution in [0.2, 0.25) is 5.02 Å². The first kappa shape index (κ1) is 24.6. The van der Waals surface area contributed by atoms with Gasteiger partial charge in [-0.3, -0.25) is 9.59 Å². The van der Waals surface area contributed by atoms with E-state index in [2.05, 4.69) is 10.6 Å². The van der Waals surface area contributed by atoms with Gasteiger partial charge in [0.15, 0.2) is 0 Å². The van der Waals surface area contributed by atoms with Gasteiger partial charge in [0.05, 0.1) is 17.8 Å². The van der Waals surface area contributed by atoms with E-state index in [-0.39, 0.29) is 11.7 Å². The highest BCUT2D eigenvalue weighted by Crippen LogP contribution is 2.51. The Bertz CT molecular complexity index is 1530. The van der Waals surface area contributed by atoms with Gasteiger partial charge in [-0.1, -0.05) is 48.0 Å². The number of rotatable bonds is 6. The molecule has 2 heterocycles. The zero-order valence-corrected chi connectivity index (χ0v) is 21.7. The predicted octanol–water partition coefficient (Wildman–Crippen LogP) is 6.69. The normalized spacial score (nSPS) is 14.5. The van der Waals surface area contributed by atoms with Crippen LogP contribution in [-0.4, -0.2) is 18.8 Å². The number of para-hydroxylation sites is 1. The van der Waals surface area contributed by atoms with Crippen LogP contribution in [0, 0.1) is 0 Å². The van der Waals surface area contributed by atoms with Gasteiger partial charge in [0.2, 0.25) is 5.78 Å². The Morgan fingerprint density at radius 2 is 1.68 bits per heavy atom. The number of amides is 1. The number of thiophene rings is 1. The van der Waals surface area contributed by atoms with Crippen LogP contribution in [-0.2, 0) is 4.79 Å². The lowest BCUT2D eigenvalue weighted by atomic mass is 9.81. The second-order valence-corrected chi connectivity index (χ2v) is 10.0. The molecule has 4 aromatic rings. The number of carbonyl (C=O) groups is 2. The number of methoxy groups -OCH3 is 1. The Balaban J connectivity index is 1.62. The molecule has 1 aromatic heterocycles. The van der Waals surface area contributed by atoms with Crippen LogP contribution >= 0.6 is 22.9 Å². The number of fused-ring (bicyclic) bond motifs is 1. The van der Waals surface area contributed by atoms with Crippen molar-refractivity contribution in [3.8, 4) is 5.75 Å². The quantitative estimate of drug-likeness (QED) is 0.242. The van der Waals surface area contributed by atoms with Crippen molar-refractivity contribution < 1.29 is 14.3 Å². The summed E-state index contributed by atoms with van der Waals surface area (Å²) in [5.41, 5.74) is 10.7. The smallest absolute Gasteiger partial charge is 0.254 e. The molecule has 5 rings (SSSR count). The first-order valence-corrected chi connectivity index (χ1v) is 12.8. The Labute approximate surface area is 223 Å². The molecule has 1 unspecified atom stereocenters. The zero-order chi connectivity index (χ0) is 26.1. The van der Waals surface area contributed by atoms with Crippen LogP contribution in [0.4, 0.5) is 16.4 Å². The van der Waals surface area contributed by atoms with Crippen molar-refractivity contribution in [2.24, 2.45) is 0 Å². The van der Waals surface area contributed by atoms with Gasteiger partial charge in [-0.05, 0) is 55.0 Å². The Hall–Kier alpha value is -4.07. The maximum Gasteiger partial charge on any atom is 0.254 e. The average Bonchev–Trinajstić information content (AvgIpc) is 3.24. The van der Waals surface area contributed by atoms with E-state index < -0.39 is 5.92 Å². The molecule has 37 heavy (non-hydrogen) atoms. The van der Waals surface area contributed by atoms with Crippen LogP contribution in [0.5, 0.6) is 5.75 Å². The summed E-state index contributed by atoms with van der Waals surface area (Å²) in [5, 5.41) is 7.53. The molecular weight excluding hydrogens is 506 g/mol. The maximum absolute atomic E-state index is 13.6. The van der Waals surface area contributed by atoms with E-state index in [4.69, 9.17) is 22.1 Å². The summed E-state index contributed by atoms with van der Waals surface area (Å²) in [4.78, 5) is 27.5. The second-order valence-electron chi connectivity index (χ2n) is 8.58. The fourth-order valence-corrected chi connectivity index (χ4v) is 5.94. The number of nitrogen functional groups attached to an aromatic ring is 1. The standard InChI is InChI=1S/C29H24ClN3O3S/c1-16-22(28(35)33-18-8-4-3-5-9-18)23(20-10-6-7-11-21(20)30)24-25(31)27(37-29(24)32-16)26(34)17-12-14-19(36-2)15-13-17/h3-15,23,32H,31H2,1-2H3,(H,33,35). The molecule has 1 amide bonds. The number of hydrogen-bond acceptors (Lipinski definition) is 6. The third-order valence-corrected chi connectivity index (χ3v) is 7.80. The van der Waals surface area contributed by atoms with Crippen LogP contribution in [0.15, 0.2) is 90.1 Å². The summed E-state index contributed by atoms with van der Waals surface area (Å²) >= 11 is 7.93. The van der Waals surface area contributed by atoms with Gasteiger partial charge in [-0.2, -0.15) is 0 Å². The van der Waals surface area contributed by atoms with Gasteiger partial charge < -0.3 is 21.1 Å². The lowest BCUT2D eigenvalue weighted by molar-refractivity contribution is -0.113. The highest BCUT2D eigenvalue weighted by atomic mass is 35.5. The summed E-state index contributed by atoms with van der Waals surface area (Å²) in [6.07, 6.45) is 0.